The maximum absolute atomic E-state index is 12.1. The van der Waals surface area contributed by atoms with Gasteiger partial charge in [0.05, 0.1) is 5.92 Å². The van der Waals surface area contributed by atoms with E-state index >= 15 is 0 Å². The summed E-state index contributed by atoms with van der Waals surface area (Å²) in [6.07, 6.45) is 1.73. The molecule has 2 N–H and O–H groups in total. The number of aliphatic carboxylic acids is 1. The largest absolute Gasteiger partial charge is 0.481 e. The highest BCUT2D eigenvalue weighted by molar-refractivity contribution is 7.89. The van der Waals surface area contributed by atoms with Gasteiger partial charge in [-0.05, 0) is 24.0 Å². The number of hydrogen-bond acceptors (Lipinski definition) is 4. The van der Waals surface area contributed by atoms with Crippen LogP contribution < -0.4 is 4.72 Å². The van der Waals surface area contributed by atoms with Gasteiger partial charge < -0.3 is 5.11 Å². The molecular weight excluding hydrogens is 316 g/mol. The van der Waals surface area contributed by atoms with Crippen LogP contribution in [-0.4, -0.2) is 31.0 Å². The summed E-state index contributed by atoms with van der Waals surface area (Å²) in [6, 6.07) is 2.77. The highest BCUT2D eigenvalue weighted by atomic mass is 35.5. The molecule has 0 fully saturated rings. The molecule has 0 aromatic carbocycles. The molecule has 1 heterocycles. The molecule has 0 aliphatic carbocycles. The van der Waals surface area contributed by atoms with Crippen molar-refractivity contribution in [1.82, 2.24) is 9.71 Å². The minimum Gasteiger partial charge on any atom is -0.481 e. The van der Waals surface area contributed by atoms with Gasteiger partial charge in [0.2, 0.25) is 10.0 Å². The Morgan fingerprint density at radius 2 is 2.10 bits per heavy atom. The van der Waals surface area contributed by atoms with Crippen LogP contribution in [0.3, 0.4) is 0 Å². The molecule has 21 heavy (non-hydrogen) atoms. The molecule has 0 aliphatic rings. The van der Waals surface area contributed by atoms with Gasteiger partial charge in [-0.3, -0.25) is 4.79 Å². The standard InChI is InChI=1S/C13H19ClN2O4S/c1-13(2,3)7-9(12(17)18)8-16-21(19,20)10-5-4-6-15-11(10)14/h4-6,9,16H,7-8H2,1-3H3,(H,17,18). The lowest BCUT2D eigenvalue weighted by molar-refractivity contribution is -0.142. The number of nitrogens with one attached hydrogen (secondary N) is 1. The van der Waals surface area contributed by atoms with E-state index in [4.69, 9.17) is 11.6 Å². The van der Waals surface area contributed by atoms with Crippen molar-refractivity contribution >= 4 is 27.6 Å². The van der Waals surface area contributed by atoms with Crippen LogP contribution in [0.25, 0.3) is 0 Å². The zero-order chi connectivity index (χ0) is 16.3. The molecule has 6 nitrogen and oxygen atoms in total. The van der Waals surface area contributed by atoms with E-state index in [1.165, 1.54) is 18.3 Å². The van der Waals surface area contributed by atoms with Gasteiger partial charge in [0.15, 0.2) is 0 Å². The quantitative estimate of drug-likeness (QED) is 0.777. The SMILES string of the molecule is CC(C)(C)CC(CNS(=O)(=O)c1cccnc1Cl)C(=O)O. The topological polar surface area (TPSA) is 96.4 Å². The Labute approximate surface area is 129 Å². The highest BCUT2D eigenvalue weighted by Crippen LogP contribution is 2.25. The van der Waals surface area contributed by atoms with Crippen molar-refractivity contribution < 1.29 is 18.3 Å². The highest BCUT2D eigenvalue weighted by Gasteiger charge is 2.27. The lowest BCUT2D eigenvalue weighted by atomic mass is 9.85. The minimum absolute atomic E-state index is 0.146. The summed E-state index contributed by atoms with van der Waals surface area (Å²) in [4.78, 5) is 14.8. The number of rotatable bonds is 6. The van der Waals surface area contributed by atoms with Gasteiger partial charge in [-0.25, -0.2) is 18.1 Å². The molecule has 1 aromatic heterocycles. The van der Waals surface area contributed by atoms with Crippen LogP contribution >= 0.6 is 11.6 Å². The number of carboxylic acid groups (broad SMARTS) is 1. The molecule has 1 unspecified atom stereocenters. The fourth-order valence-electron chi connectivity index (χ4n) is 1.85. The van der Waals surface area contributed by atoms with Crippen LogP contribution in [0.5, 0.6) is 0 Å². The van der Waals surface area contributed by atoms with Crippen molar-refractivity contribution in [2.24, 2.45) is 11.3 Å². The first kappa shape index (κ1) is 17.9. The van der Waals surface area contributed by atoms with Crippen molar-refractivity contribution in [3.63, 3.8) is 0 Å². The number of pyridine rings is 1. The third-order valence-corrected chi connectivity index (χ3v) is 4.61. The molecule has 0 aliphatic heterocycles. The van der Waals surface area contributed by atoms with E-state index in [1.807, 2.05) is 20.8 Å². The number of hydrogen-bond donors (Lipinski definition) is 2. The number of halogens is 1. The molecule has 0 spiro atoms. The van der Waals surface area contributed by atoms with Crippen molar-refractivity contribution in [2.45, 2.75) is 32.1 Å². The van der Waals surface area contributed by atoms with Crippen LogP contribution in [0.15, 0.2) is 23.2 Å². The summed E-state index contributed by atoms with van der Waals surface area (Å²) in [5, 5.41) is 9.04. The van der Waals surface area contributed by atoms with E-state index in [-0.39, 0.29) is 22.0 Å². The van der Waals surface area contributed by atoms with Crippen molar-refractivity contribution in [2.75, 3.05) is 6.54 Å². The number of nitrogens with zero attached hydrogens (tertiary/aromatic N) is 1. The van der Waals surface area contributed by atoms with E-state index in [1.54, 1.807) is 0 Å². The summed E-state index contributed by atoms with van der Waals surface area (Å²) in [5.41, 5.74) is -0.222. The number of aromatic nitrogens is 1. The summed E-state index contributed by atoms with van der Waals surface area (Å²) >= 11 is 5.75. The monoisotopic (exact) mass is 334 g/mol. The maximum atomic E-state index is 12.1. The second-order valence-corrected chi connectivity index (χ2v) is 8.04. The summed E-state index contributed by atoms with van der Waals surface area (Å²) in [6.45, 7) is 5.50. The molecule has 1 rings (SSSR count). The number of carboxylic acids is 1. The van der Waals surface area contributed by atoms with Crippen LogP contribution in [0.1, 0.15) is 27.2 Å². The predicted molar refractivity (Wildman–Crippen MR) is 79.6 cm³/mol. The minimum atomic E-state index is -3.88. The summed E-state index contributed by atoms with van der Waals surface area (Å²) in [5.74, 6) is -1.85. The Kier molecular flexibility index (Phi) is 5.72. The molecule has 1 aromatic rings. The van der Waals surface area contributed by atoms with Crippen LogP contribution in [0.4, 0.5) is 0 Å². The fraction of sp³-hybridized carbons (Fsp3) is 0.538. The van der Waals surface area contributed by atoms with E-state index < -0.39 is 21.9 Å². The molecule has 1 atom stereocenters. The zero-order valence-electron chi connectivity index (χ0n) is 12.1. The molecule has 0 saturated carbocycles. The van der Waals surface area contributed by atoms with E-state index in [0.717, 1.165) is 0 Å². The average Bonchev–Trinajstić information content (AvgIpc) is 2.33. The van der Waals surface area contributed by atoms with E-state index in [9.17, 15) is 18.3 Å². The van der Waals surface area contributed by atoms with Crippen LogP contribution in [0.2, 0.25) is 5.15 Å². The first-order chi connectivity index (χ1) is 9.53. The average molecular weight is 335 g/mol. The molecular formula is C13H19ClN2O4S. The molecule has 0 bridgehead atoms. The van der Waals surface area contributed by atoms with Gasteiger partial charge in [-0.15, -0.1) is 0 Å². The van der Waals surface area contributed by atoms with Gasteiger partial charge in [0, 0.05) is 12.7 Å². The summed E-state index contributed by atoms with van der Waals surface area (Å²) < 4.78 is 26.5. The van der Waals surface area contributed by atoms with Gasteiger partial charge >= 0.3 is 5.97 Å². The normalized spacial score (nSPS) is 13.9. The van der Waals surface area contributed by atoms with Gasteiger partial charge in [0.1, 0.15) is 10.0 Å². The molecule has 0 saturated heterocycles. The molecule has 8 heteroatoms. The number of carbonyl (C=O) groups is 1. The Bertz CT molecular complexity index is 611. The van der Waals surface area contributed by atoms with E-state index in [0.29, 0.717) is 6.42 Å². The Morgan fingerprint density at radius 3 is 2.57 bits per heavy atom. The van der Waals surface area contributed by atoms with Gasteiger partial charge in [-0.1, -0.05) is 32.4 Å². The zero-order valence-corrected chi connectivity index (χ0v) is 13.7. The fourth-order valence-corrected chi connectivity index (χ4v) is 3.38. The second-order valence-electron chi connectivity index (χ2n) is 5.94. The Morgan fingerprint density at radius 1 is 1.48 bits per heavy atom. The predicted octanol–water partition coefficient (Wildman–Crippen LogP) is 2.15. The smallest absolute Gasteiger partial charge is 0.307 e. The van der Waals surface area contributed by atoms with Gasteiger partial charge in [-0.2, -0.15) is 0 Å². The third kappa shape index (κ3) is 5.61. The van der Waals surface area contributed by atoms with Crippen molar-refractivity contribution in [3.05, 3.63) is 23.5 Å². The number of sulfonamides is 1. The first-order valence-electron chi connectivity index (χ1n) is 6.36. The maximum Gasteiger partial charge on any atom is 0.307 e. The van der Waals surface area contributed by atoms with Gasteiger partial charge in [0.25, 0.3) is 0 Å². The van der Waals surface area contributed by atoms with Crippen LogP contribution in [0, 0.1) is 11.3 Å². The molecule has 0 amide bonds. The lowest BCUT2D eigenvalue weighted by Gasteiger charge is -2.23. The van der Waals surface area contributed by atoms with Crippen molar-refractivity contribution in [1.29, 1.82) is 0 Å². The van der Waals surface area contributed by atoms with Crippen molar-refractivity contribution in [3.8, 4) is 0 Å². The summed E-state index contributed by atoms with van der Waals surface area (Å²) in [7, 11) is -3.88. The molecule has 118 valence electrons. The third-order valence-electron chi connectivity index (χ3n) is 2.74. The Hall–Kier alpha value is -1.18. The first-order valence-corrected chi connectivity index (χ1v) is 8.22. The molecule has 0 radical (unpaired) electrons. The van der Waals surface area contributed by atoms with Crippen LogP contribution in [-0.2, 0) is 14.8 Å². The Balaban J connectivity index is 2.85. The van der Waals surface area contributed by atoms with E-state index in [2.05, 4.69) is 9.71 Å². The second kappa shape index (κ2) is 6.72. The lowest BCUT2D eigenvalue weighted by Crippen LogP contribution is -2.35.